The van der Waals surface area contributed by atoms with E-state index in [-0.39, 0.29) is 24.5 Å². The number of hydrogen-bond acceptors (Lipinski definition) is 3. The first kappa shape index (κ1) is 21.1. The minimum absolute atomic E-state index is 0.00363. The molecule has 5 heteroatoms. The lowest BCUT2D eigenvalue weighted by molar-refractivity contribution is -0.129. The highest BCUT2D eigenvalue weighted by Gasteiger charge is 2.27. The molecule has 1 fully saturated rings. The summed E-state index contributed by atoms with van der Waals surface area (Å²) in [5.41, 5.74) is 4.58. The zero-order chi connectivity index (χ0) is 20.6. The summed E-state index contributed by atoms with van der Waals surface area (Å²) in [6.07, 6.45) is 2.94. The third kappa shape index (κ3) is 5.91. The minimum Gasteiger partial charge on any atom is -0.365 e. The molecule has 0 spiro atoms. The number of anilines is 1. The largest absolute Gasteiger partial charge is 0.365 e. The number of nitrogens with one attached hydrogen (secondary N) is 1. The second-order valence-electron chi connectivity index (χ2n) is 7.43. The molecule has 2 amide bonds. The van der Waals surface area contributed by atoms with Crippen molar-refractivity contribution in [3.05, 3.63) is 65.2 Å². The van der Waals surface area contributed by atoms with Crippen LogP contribution in [0.25, 0.3) is 0 Å². The van der Waals surface area contributed by atoms with Crippen molar-refractivity contribution in [2.45, 2.75) is 45.6 Å². The van der Waals surface area contributed by atoms with Crippen molar-refractivity contribution in [2.75, 3.05) is 24.6 Å². The fraction of sp³-hybridized carbons (Fsp3) is 0.417. The first-order valence-corrected chi connectivity index (χ1v) is 10.4. The highest BCUT2D eigenvalue weighted by atomic mass is 16.5. The predicted octanol–water partition coefficient (Wildman–Crippen LogP) is 3.29. The van der Waals surface area contributed by atoms with Crippen LogP contribution in [0.5, 0.6) is 0 Å². The summed E-state index contributed by atoms with van der Waals surface area (Å²) < 4.78 is 5.62. The molecule has 0 radical (unpaired) electrons. The summed E-state index contributed by atoms with van der Waals surface area (Å²) in [5, 5.41) is 2.95. The summed E-state index contributed by atoms with van der Waals surface area (Å²) in [4.78, 5) is 26.2. The molecule has 0 aromatic heterocycles. The van der Waals surface area contributed by atoms with E-state index in [1.165, 1.54) is 16.7 Å². The maximum atomic E-state index is 12.3. The fourth-order valence-corrected chi connectivity index (χ4v) is 3.43. The molecule has 1 heterocycles. The minimum atomic E-state index is -0.202. The van der Waals surface area contributed by atoms with E-state index < -0.39 is 0 Å². The van der Waals surface area contributed by atoms with Crippen LogP contribution in [-0.2, 0) is 33.6 Å². The molecule has 1 saturated heterocycles. The smallest absolute Gasteiger partial charge is 0.253 e. The average Bonchev–Trinajstić information content (AvgIpc) is 2.77. The number of nitrogens with zero attached hydrogens (tertiary/aromatic N) is 1. The van der Waals surface area contributed by atoms with E-state index in [1.54, 1.807) is 4.90 Å². The van der Waals surface area contributed by atoms with Gasteiger partial charge in [-0.25, -0.2) is 0 Å². The Labute approximate surface area is 173 Å². The van der Waals surface area contributed by atoms with Gasteiger partial charge in [-0.15, -0.1) is 0 Å². The molecule has 0 aliphatic carbocycles. The molecular formula is C24H30N2O3. The predicted molar refractivity (Wildman–Crippen MR) is 115 cm³/mol. The van der Waals surface area contributed by atoms with Gasteiger partial charge in [0.25, 0.3) is 5.91 Å². The van der Waals surface area contributed by atoms with Gasteiger partial charge in [-0.2, -0.15) is 0 Å². The third-order valence-electron chi connectivity index (χ3n) is 5.38. The van der Waals surface area contributed by atoms with Crippen molar-refractivity contribution in [3.8, 4) is 0 Å². The molecule has 29 heavy (non-hydrogen) atoms. The third-order valence-corrected chi connectivity index (χ3v) is 5.38. The van der Waals surface area contributed by atoms with Gasteiger partial charge in [0.15, 0.2) is 0 Å². The van der Waals surface area contributed by atoms with Crippen LogP contribution in [-0.4, -0.2) is 37.6 Å². The maximum absolute atomic E-state index is 12.3. The molecule has 1 atom stereocenters. The van der Waals surface area contributed by atoms with Crippen molar-refractivity contribution in [2.24, 2.45) is 0 Å². The van der Waals surface area contributed by atoms with Crippen LogP contribution in [0.15, 0.2) is 48.5 Å². The molecule has 1 unspecified atom stereocenters. The number of amides is 2. The number of morpholine rings is 1. The van der Waals surface area contributed by atoms with Gasteiger partial charge in [-0.1, -0.05) is 50.2 Å². The van der Waals surface area contributed by atoms with Crippen molar-refractivity contribution in [1.82, 2.24) is 5.32 Å². The van der Waals surface area contributed by atoms with Crippen molar-refractivity contribution in [1.29, 1.82) is 0 Å². The lowest BCUT2D eigenvalue weighted by Gasteiger charge is -2.33. The summed E-state index contributed by atoms with van der Waals surface area (Å²) in [5.74, 6) is -0.0451. The Balaban J connectivity index is 1.46. The van der Waals surface area contributed by atoms with Gasteiger partial charge in [0.05, 0.1) is 12.6 Å². The molecule has 154 valence electrons. The van der Waals surface area contributed by atoms with Gasteiger partial charge in [0.2, 0.25) is 5.91 Å². The molecule has 1 N–H and O–H groups in total. The van der Waals surface area contributed by atoms with Gasteiger partial charge in [-0.05, 0) is 48.1 Å². The number of rotatable bonds is 8. The van der Waals surface area contributed by atoms with Crippen molar-refractivity contribution < 1.29 is 14.3 Å². The van der Waals surface area contributed by atoms with E-state index in [0.29, 0.717) is 19.5 Å². The van der Waals surface area contributed by atoms with Crippen molar-refractivity contribution >= 4 is 17.5 Å². The standard InChI is InChI=1S/C24H30N2O3/c1-3-18-5-7-20(8-6-18)11-14-23(27)25-15-22-16-26(24(28)17-29-22)21-12-9-19(4-2)10-13-21/h5-10,12-13,22H,3-4,11,14-17H2,1-2H3,(H,25,27). The number of hydrogen-bond donors (Lipinski definition) is 1. The van der Waals surface area contributed by atoms with E-state index in [2.05, 4.69) is 43.4 Å². The Morgan fingerprint density at radius 3 is 2.21 bits per heavy atom. The molecule has 0 saturated carbocycles. The van der Waals surface area contributed by atoms with Gasteiger partial charge in [0.1, 0.15) is 6.61 Å². The Morgan fingerprint density at radius 2 is 1.59 bits per heavy atom. The maximum Gasteiger partial charge on any atom is 0.253 e. The molecule has 5 nitrogen and oxygen atoms in total. The molecule has 1 aliphatic rings. The number of aryl methyl sites for hydroxylation is 3. The zero-order valence-electron chi connectivity index (χ0n) is 17.3. The Bertz CT molecular complexity index is 815. The van der Waals surface area contributed by atoms with Crippen LogP contribution < -0.4 is 10.2 Å². The van der Waals surface area contributed by atoms with Crippen LogP contribution in [0.3, 0.4) is 0 Å². The molecule has 3 rings (SSSR count). The van der Waals surface area contributed by atoms with E-state index in [1.807, 2.05) is 24.3 Å². The molecule has 1 aliphatic heterocycles. The average molecular weight is 395 g/mol. The van der Waals surface area contributed by atoms with E-state index in [9.17, 15) is 9.59 Å². The summed E-state index contributed by atoms with van der Waals surface area (Å²) in [6.45, 7) is 5.13. The van der Waals surface area contributed by atoms with Crippen LogP contribution >= 0.6 is 0 Å². The lowest BCUT2D eigenvalue weighted by atomic mass is 10.1. The molecule has 0 bridgehead atoms. The second kappa shape index (κ2) is 10.2. The molecule has 2 aromatic carbocycles. The van der Waals surface area contributed by atoms with Crippen LogP contribution in [0.4, 0.5) is 5.69 Å². The highest BCUT2D eigenvalue weighted by molar-refractivity contribution is 5.95. The van der Waals surface area contributed by atoms with Crippen LogP contribution in [0, 0.1) is 0 Å². The van der Waals surface area contributed by atoms with E-state index in [0.717, 1.165) is 24.9 Å². The van der Waals surface area contributed by atoms with Gasteiger partial charge in [0, 0.05) is 18.7 Å². The second-order valence-corrected chi connectivity index (χ2v) is 7.43. The Morgan fingerprint density at radius 1 is 1.00 bits per heavy atom. The monoisotopic (exact) mass is 394 g/mol. The summed E-state index contributed by atoms with van der Waals surface area (Å²) >= 11 is 0. The number of carbonyl (C=O) groups excluding carboxylic acids is 2. The normalized spacial score (nSPS) is 16.7. The highest BCUT2D eigenvalue weighted by Crippen LogP contribution is 2.19. The molecule has 2 aromatic rings. The topological polar surface area (TPSA) is 58.6 Å². The zero-order valence-corrected chi connectivity index (χ0v) is 17.3. The van der Waals surface area contributed by atoms with Gasteiger partial charge >= 0.3 is 0 Å². The molecular weight excluding hydrogens is 364 g/mol. The first-order valence-electron chi connectivity index (χ1n) is 10.4. The summed E-state index contributed by atoms with van der Waals surface area (Å²) in [7, 11) is 0. The Kier molecular flexibility index (Phi) is 7.42. The van der Waals surface area contributed by atoms with Crippen molar-refractivity contribution in [3.63, 3.8) is 0 Å². The quantitative estimate of drug-likeness (QED) is 0.747. The lowest BCUT2D eigenvalue weighted by Crippen LogP contribution is -2.50. The van der Waals surface area contributed by atoms with Gasteiger partial charge < -0.3 is 15.0 Å². The number of ether oxygens (including phenoxy) is 1. The van der Waals surface area contributed by atoms with E-state index >= 15 is 0 Å². The van der Waals surface area contributed by atoms with E-state index in [4.69, 9.17) is 4.74 Å². The summed E-state index contributed by atoms with van der Waals surface area (Å²) in [6, 6.07) is 16.4. The number of carbonyl (C=O) groups is 2. The first-order chi connectivity index (χ1) is 14.1. The Hall–Kier alpha value is -2.66. The fourth-order valence-electron chi connectivity index (χ4n) is 3.43. The number of benzene rings is 2. The van der Waals surface area contributed by atoms with Crippen LogP contribution in [0.1, 0.15) is 37.0 Å². The SMILES string of the molecule is CCc1ccc(CCC(=O)NCC2CN(c3ccc(CC)cc3)C(=O)CO2)cc1. The van der Waals surface area contributed by atoms with Gasteiger partial charge in [-0.3, -0.25) is 9.59 Å². The van der Waals surface area contributed by atoms with Crippen LogP contribution in [0.2, 0.25) is 0 Å².